The van der Waals surface area contributed by atoms with Gasteiger partial charge in [-0.3, -0.25) is 0 Å². The molecule has 0 spiro atoms. The fourth-order valence-electron chi connectivity index (χ4n) is 1.61. The monoisotopic (exact) mass is 302 g/mol. The van der Waals surface area contributed by atoms with Crippen molar-refractivity contribution in [1.82, 2.24) is 0 Å². The van der Waals surface area contributed by atoms with Crippen LogP contribution in [-0.2, 0) is 6.42 Å². The summed E-state index contributed by atoms with van der Waals surface area (Å²) in [7, 11) is 0. The first-order valence-corrected chi connectivity index (χ1v) is 6.25. The number of rotatable bonds is 2. The molecule has 0 heterocycles. The van der Waals surface area contributed by atoms with Crippen LogP contribution in [0.3, 0.4) is 0 Å². The van der Waals surface area contributed by atoms with Gasteiger partial charge in [0, 0.05) is 17.5 Å². The van der Waals surface area contributed by atoms with E-state index in [1.165, 1.54) is 12.1 Å². The first kappa shape index (κ1) is 13.3. The van der Waals surface area contributed by atoms with Crippen LogP contribution in [0.4, 0.5) is 0 Å². The van der Waals surface area contributed by atoms with Crippen molar-refractivity contribution in [3.8, 4) is 11.5 Å². The summed E-state index contributed by atoms with van der Waals surface area (Å²) in [5, 5.41) is 20.6. The zero-order valence-corrected chi connectivity index (χ0v) is 11.4. The molecule has 0 saturated carbocycles. The van der Waals surface area contributed by atoms with Gasteiger partial charge in [-0.25, -0.2) is 0 Å². The van der Waals surface area contributed by atoms with Crippen molar-refractivity contribution in [1.29, 1.82) is 0 Å². The van der Waals surface area contributed by atoms with Crippen LogP contribution in [0.15, 0.2) is 30.3 Å². The van der Waals surface area contributed by atoms with Crippen molar-refractivity contribution in [3.05, 3.63) is 56.5 Å². The van der Waals surface area contributed by atoms with Crippen molar-refractivity contribution < 1.29 is 10.2 Å². The third-order valence-corrected chi connectivity index (χ3v) is 3.51. The van der Waals surface area contributed by atoms with Gasteiger partial charge in [-0.1, -0.05) is 40.9 Å². The van der Waals surface area contributed by atoms with E-state index in [-0.39, 0.29) is 11.5 Å². The molecular weight excluding hydrogens is 295 g/mol. The lowest BCUT2D eigenvalue weighted by molar-refractivity contribution is 0.463. The zero-order chi connectivity index (χ0) is 13.3. The van der Waals surface area contributed by atoms with Gasteiger partial charge in [0.15, 0.2) is 0 Å². The molecule has 18 heavy (non-hydrogen) atoms. The number of halogens is 3. The Hall–Kier alpha value is -1.09. The fraction of sp³-hybridized carbons (Fsp3) is 0.0769. The highest BCUT2D eigenvalue weighted by atomic mass is 35.5. The van der Waals surface area contributed by atoms with Gasteiger partial charge < -0.3 is 10.2 Å². The molecule has 0 atom stereocenters. The van der Waals surface area contributed by atoms with Gasteiger partial charge in [-0.15, -0.1) is 0 Å². The Kier molecular flexibility index (Phi) is 3.91. The van der Waals surface area contributed by atoms with Crippen molar-refractivity contribution in [2.75, 3.05) is 0 Å². The lowest BCUT2D eigenvalue weighted by Gasteiger charge is -2.08. The molecule has 0 fully saturated rings. The van der Waals surface area contributed by atoms with Crippen LogP contribution in [0, 0.1) is 0 Å². The predicted octanol–water partition coefficient (Wildman–Crippen LogP) is 4.65. The summed E-state index contributed by atoms with van der Waals surface area (Å²) in [5.74, 6) is 0.117. The van der Waals surface area contributed by atoms with Crippen LogP contribution in [0.25, 0.3) is 0 Å². The van der Waals surface area contributed by atoms with Gasteiger partial charge in [-0.2, -0.15) is 0 Å². The molecule has 2 aromatic carbocycles. The predicted molar refractivity (Wildman–Crippen MR) is 74.0 cm³/mol. The largest absolute Gasteiger partial charge is 0.508 e. The van der Waals surface area contributed by atoms with E-state index in [9.17, 15) is 10.2 Å². The zero-order valence-electron chi connectivity index (χ0n) is 9.12. The molecule has 94 valence electrons. The number of phenols is 2. The Morgan fingerprint density at radius 2 is 1.39 bits per heavy atom. The number of benzene rings is 2. The van der Waals surface area contributed by atoms with E-state index in [4.69, 9.17) is 34.8 Å². The Morgan fingerprint density at radius 3 is 2.06 bits per heavy atom. The highest BCUT2D eigenvalue weighted by Crippen LogP contribution is 2.33. The van der Waals surface area contributed by atoms with Crippen LogP contribution in [0.1, 0.15) is 11.1 Å². The number of phenolic OH excluding ortho intramolecular Hbond substituents is 2. The standard InChI is InChI=1S/C13H9Cl3O2/c14-9-2-1-7(12(17)5-9)3-8-4-10(15)11(16)6-13(8)18/h1-2,4-6,17-18H,3H2. The van der Waals surface area contributed by atoms with Gasteiger partial charge in [0.2, 0.25) is 0 Å². The van der Waals surface area contributed by atoms with E-state index in [2.05, 4.69) is 0 Å². The highest BCUT2D eigenvalue weighted by molar-refractivity contribution is 6.42. The minimum atomic E-state index is 0.0405. The molecule has 0 unspecified atom stereocenters. The molecule has 2 aromatic rings. The molecule has 2 rings (SSSR count). The SMILES string of the molecule is Oc1cc(Cl)ccc1Cc1cc(Cl)c(Cl)cc1O. The Balaban J connectivity index is 2.37. The quantitative estimate of drug-likeness (QED) is 0.848. The van der Waals surface area contributed by atoms with Crippen LogP contribution < -0.4 is 0 Å². The van der Waals surface area contributed by atoms with E-state index in [1.807, 2.05) is 0 Å². The second-order valence-corrected chi connectivity index (χ2v) is 5.10. The van der Waals surface area contributed by atoms with Gasteiger partial charge in [-0.05, 0) is 29.3 Å². The molecule has 0 aliphatic heterocycles. The topological polar surface area (TPSA) is 40.5 Å². The van der Waals surface area contributed by atoms with Crippen molar-refractivity contribution in [2.24, 2.45) is 0 Å². The lowest BCUT2D eigenvalue weighted by Crippen LogP contribution is -1.90. The van der Waals surface area contributed by atoms with E-state index in [0.717, 1.165) is 0 Å². The van der Waals surface area contributed by atoms with Crippen LogP contribution >= 0.6 is 34.8 Å². The minimum absolute atomic E-state index is 0.0405. The lowest BCUT2D eigenvalue weighted by atomic mass is 10.0. The maximum absolute atomic E-state index is 9.77. The summed E-state index contributed by atoms with van der Waals surface area (Å²) in [5.41, 5.74) is 1.23. The Labute approximate surface area is 119 Å². The van der Waals surface area contributed by atoms with Crippen LogP contribution in [-0.4, -0.2) is 10.2 Å². The van der Waals surface area contributed by atoms with Gasteiger partial charge in [0.1, 0.15) is 11.5 Å². The summed E-state index contributed by atoms with van der Waals surface area (Å²) in [6.45, 7) is 0. The maximum atomic E-state index is 9.77. The summed E-state index contributed by atoms with van der Waals surface area (Å²) < 4.78 is 0. The normalized spacial score (nSPS) is 10.6. The van der Waals surface area contributed by atoms with Gasteiger partial charge >= 0.3 is 0 Å². The second-order valence-electron chi connectivity index (χ2n) is 3.84. The molecule has 0 saturated heterocycles. The molecule has 0 aliphatic rings. The van der Waals surface area contributed by atoms with Gasteiger partial charge in [0.25, 0.3) is 0 Å². The summed E-state index contributed by atoms with van der Waals surface area (Å²) >= 11 is 17.4. The van der Waals surface area contributed by atoms with E-state index < -0.39 is 0 Å². The molecule has 2 N–H and O–H groups in total. The third kappa shape index (κ3) is 2.83. The average molecular weight is 304 g/mol. The molecule has 0 aliphatic carbocycles. The molecule has 2 nitrogen and oxygen atoms in total. The summed E-state index contributed by atoms with van der Waals surface area (Å²) in [6, 6.07) is 7.77. The molecule has 5 heteroatoms. The molecule has 0 bridgehead atoms. The first-order valence-electron chi connectivity index (χ1n) is 5.11. The molecule has 0 amide bonds. The smallest absolute Gasteiger partial charge is 0.120 e. The number of hydrogen-bond donors (Lipinski definition) is 2. The second kappa shape index (κ2) is 5.27. The van der Waals surface area contributed by atoms with E-state index in [0.29, 0.717) is 32.6 Å². The average Bonchev–Trinajstić information content (AvgIpc) is 2.29. The van der Waals surface area contributed by atoms with E-state index >= 15 is 0 Å². The third-order valence-electron chi connectivity index (χ3n) is 2.55. The minimum Gasteiger partial charge on any atom is -0.508 e. The Morgan fingerprint density at radius 1 is 0.778 bits per heavy atom. The summed E-state index contributed by atoms with van der Waals surface area (Å²) in [4.78, 5) is 0. The fourth-order valence-corrected chi connectivity index (χ4v) is 2.12. The van der Waals surface area contributed by atoms with Crippen LogP contribution in [0.5, 0.6) is 11.5 Å². The Bertz CT molecular complexity index is 597. The number of aromatic hydroxyl groups is 2. The maximum Gasteiger partial charge on any atom is 0.120 e. The van der Waals surface area contributed by atoms with E-state index in [1.54, 1.807) is 18.2 Å². The summed E-state index contributed by atoms with van der Waals surface area (Å²) in [6.07, 6.45) is 0.339. The number of hydrogen-bond acceptors (Lipinski definition) is 2. The van der Waals surface area contributed by atoms with Gasteiger partial charge in [0.05, 0.1) is 10.0 Å². The van der Waals surface area contributed by atoms with Crippen molar-refractivity contribution in [2.45, 2.75) is 6.42 Å². The first-order chi connectivity index (χ1) is 8.47. The molecule has 0 radical (unpaired) electrons. The highest BCUT2D eigenvalue weighted by Gasteiger charge is 2.10. The van der Waals surface area contributed by atoms with Crippen molar-refractivity contribution >= 4 is 34.8 Å². The van der Waals surface area contributed by atoms with Crippen molar-refractivity contribution in [3.63, 3.8) is 0 Å². The van der Waals surface area contributed by atoms with Crippen LogP contribution in [0.2, 0.25) is 15.1 Å². The molecule has 0 aromatic heterocycles. The molecular formula is C13H9Cl3O2.